The lowest BCUT2D eigenvalue weighted by molar-refractivity contribution is -0.145. The highest BCUT2D eigenvalue weighted by Gasteiger charge is 2.28. The van der Waals surface area contributed by atoms with E-state index in [1.807, 2.05) is 42.0 Å². The Kier molecular flexibility index (Phi) is 3.88. The molecule has 2 aromatic rings. The fourth-order valence-corrected chi connectivity index (χ4v) is 3.21. The molecule has 1 aliphatic rings. The number of benzene rings is 1. The lowest BCUT2D eigenvalue weighted by Gasteiger charge is -2.30. The molecule has 0 unspecified atom stereocenters. The number of rotatable bonds is 3. The van der Waals surface area contributed by atoms with Crippen molar-refractivity contribution in [1.82, 2.24) is 9.47 Å². The summed E-state index contributed by atoms with van der Waals surface area (Å²) >= 11 is 0. The number of aryl methyl sites for hydroxylation is 1. The van der Waals surface area contributed by atoms with Crippen LogP contribution in [-0.2, 0) is 16.1 Å². The smallest absolute Gasteiger partial charge is 0.308 e. The van der Waals surface area contributed by atoms with Gasteiger partial charge in [-0.3, -0.25) is 9.59 Å². The Morgan fingerprint density at radius 3 is 2.86 bits per heavy atom. The first kappa shape index (κ1) is 14.6. The maximum Gasteiger partial charge on any atom is 0.308 e. The van der Waals surface area contributed by atoms with Crippen LogP contribution in [0.15, 0.2) is 30.5 Å². The highest BCUT2D eigenvalue weighted by atomic mass is 16.4. The van der Waals surface area contributed by atoms with Gasteiger partial charge in [-0.15, -0.1) is 0 Å². The number of carbonyl (C=O) groups excluding carboxylic acids is 1. The number of carboxylic acids is 1. The van der Waals surface area contributed by atoms with Crippen molar-refractivity contribution in [2.45, 2.75) is 26.3 Å². The minimum Gasteiger partial charge on any atom is -0.481 e. The average Bonchev–Trinajstić information content (AvgIpc) is 2.84. The first-order valence-corrected chi connectivity index (χ1v) is 7.61. The van der Waals surface area contributed by atoms with Crippen molar-refractivity contribution < 1.29 is 14.7 Å². The number of fused-ring (bicyclic) bond motifs is 1. The van der Waals surface area contributed by atoms with E-state index in [1.165, 1.54) is 0 Å². The van der Waals surface area contributed by atoms with Crippen molar-refractivity contribution in [3.8, 4) is 0 Å². The molecular weight excluding hydrogens is 280 g/mol. The second-order valence-corrected chi connectivity index (χ2v) is 5.97. The van der Waals surface area contributed by atoms with Gasteiger partial charge in [0.2, 0.25) is 5.91 Å². The Labute approximate surface area is 129 Å². The molecule has 5 heteroatoms. The van der Waals surface area contributed by atoms with Gasteiger partial charge in [0.1, 0.15) is 6.54 Å². The van der Waals surface area contributed by atoms with Crippen LogP contribution in [0.1, 0.15) is 18.4 Å². The number of aromatic nitrogens is 1. The number of carbonyl (C=O) groups is 2. The minimum absolute atomic E-state index is 0.00768. The number of likely N-dealkylation sites (tertiary alicyclic amines) is 1. The predicted molar refractivity (Wildman–Crippen MR) is 83.6 cm³/mol. The van der Waals surface area contributed by atoms with E-state index in [-0.39, 0.29) is 12.5 Å². The molecule has 5 nitrogen and oxygen atoms in total. The van der Waals surface area contributed by atoms with E-state index >= 15 is 0 Å². The molecule has 0 spiro atoms. The van der Waals surface area contributed by atoms with Gasteiger partial charge >= 0.3 is 5.97 Å². The van der Waals surface area contributed by atoms with Crippen molar-refractivity contribution in [3.63, 3.8) is 0 Å². The van der Waals surface area contributed by atoms with Crippen molar-refractivity contribution >= 4 is 22.8 Å². The SMILES string of the molecule is Cc1cn(CC(=O)N2CCC[C@H](C(=O)O)C2)c2ccccc12. The van der Waals surface area contributed by atoms with Crippen LogP contribution in [0.4, 0.5) is 0 Å². The van der Waals surface area contributed by atoms with Gasteiger partial charge in [0, 0.05) is 30.2 Å². The highest BCUT2D eigenvalue weighted by molar-refractivity contribution is 5.86. The Morgan fingerprint density at radius 2 is 2.09 bits per heavy atom. The van der Waals surface area contributed by atoms with Crippen LogP contribution in [0.2, 0.25) is 0 Å². The molecule has 116 valence electrons. The standard InChI is InChI=1S/C17H20N2O3/c1-12-9-19(15-7-3-2-6-14(12)15)11-16(20)18-8-4-5-13(10-18)17(21)22/h2-3,6-7,9,13H,4-5,8,10-11H2,1H3,(H,21,22)/t13-/m0/s1. The molecule has 1 aromatic heterocycles. The topological polar surface area (TPSA) is 62.5 Å². The van der Waals surface area contributed by atoms with Crippen LogP contribution in [0.5, 0.6) is 0 Å². The molecule has 1 N–H and O–H groups in total. The molecule has 3 rings (SSSR count). The summed E-state index contributed by atoms with van der Waals surface area (Å²) in [6.45, 7) is 3.28. The third-order valence-corrected chi connectivity index (χ3v) is 4.42. The van der Waals surface area contributed by atoms with Crippen LogP contribution >= 0.6 is 0 Å². The number of hydrogen-bond donors (Lipinski definition) is 1. The number of hydrogen-bond acceptors (Lipinski definition) is 2. The quantitative estimate of drug-likeness (QED) is 0.946. The fraction of sp³-hybridized carbons (Fsp3) is 0.412. The third-order valence-electron chi connectivity index (χ3n) is 4.42. The molecule has 0 radical (unpaired) electrons. The van der Waals surface area contributed by atoms with Gasteiger partial charge in [0.15, 0.2) is 0 Å². The number of carboxylic acid groups (broad SMARTS) is 1. The Hall–Kier alpha value is -2.30. The van der Waals surface area contributed by atoms with Crippen LogP contribution < -0.4 is 0 Å². The van der Waals surface area contributed by atoms with Gasteiger partial charge in [-0.25, -0.2) is 0 Å². The second kappa shape index (κ2) is 5.83. The van der Waals surface area contributed by atoms with Crippen molar-refractivity contribution in [2.24, 2.45) is 5.92 Å². The number of nitrogens with zero attached hydrogens (tertiary/aromatic N) is 2. The molecule has 1 fully saturated rings. The largest absolute Gasteiger partial charge is 0.481 e. The van der Waals surface area contributed by atoms with E-state index in [9.17, 15) is 9.59 Å². The minimum atomic E-state index is -0.806. The summed E-state index contributed by atoms with van der Waals surface area (Å²) < 4.78 is 1.96. The number of aliphatic carboxylic acids is 1. The average molecular weight is 300 g/mol. The van der Waals surface area contributed by atoms with E-state index in [2.05, 4.69) is 0 Å². The first-order chi connectivity index (χ1) is 10.6. The summed E-state index contributed by atoms with van der Waals surface area (Å²) in [5.41, 5.74) is 2.19. The lowest BCUT2D eigenvalue weighted by Crippen LogP contribution is -2.43. The molecule has 0 aliphatic carbocycles. The maximum absolute atomic E-state index is 12.5. The van der Waals surface area contributed by atoms with Gasteiger partial charge in [-0.1, -0.05) is 18.2 Å². The Morgan fingerprint density at radius 1 is 1.32 bits per heavy atom. The summed E-state index contributed by atoms with van der Waals surface area (Å²) in [6.07, 6.45) is 3.40. The molecule has 2 heterocycles. The zero-order valence-corrected chi connectivity index (χ0v) is 12.7. The monoisotopic (exact) mass is 300 g/mol. The van der Waals surface area contributed by atoms with Crippen molar-refractivity contribution in [1.29, 1.82) is 0 Å². The summed E-state index contributed by atoms with van der Waals surface area (Å²) in [6, 6.07) is 8.01. The summed E-state index contributed by atoms with van der Waals surface area (Å²) in [4.78, 5) is 25.3. The second-order valence-electron chi connectivity index (χ2n) is 5.97. The van der Waals surface area contributed by atoms with E-state index in [1.54, 1.807) is 4.90 Å². The van der Waals surface area contributed by atoms with Gasteiger partial charge in [0.05, 0.1) is 5.92 Å². The summed E-state index contributed by atoms with van der Waals surface area (Å²) in [5.74, 6) is -1.24. The lowest BCUT2D eigenvalue weighted by atomic mass is 9.98. The summed E-state index contributed by atoms with van der Waals surface area (Å²) in [7, 11) is 0. The van der Waals surface area contributed by atoms with Gasteiger partial charge in [0.25, 0.3) is 0 Å². The Balaban J connectivity index is 1.77. The number of para-hydroxylation sites is 1. The molecule has 1 atom stereocenters. The van der Waals surface area contributed by atoms with Gasteiger partial charge in [-0.05, 0) is 31.4 Å². The van der Waals surface area contributed by atoms with Gasteiger partial charge in [-0.2, -0.15) is 0 Å². The molecule has 0 bridgehead atoms. The molecule has 1 aliphatic heterocycles. The first-order valence-electron chi connectivity index (χ1n) is 7.61. The van der Waals surface area contributed by atoms with Crippen LogP contribution in [-0.4, -0.2) is 39.5 Å². The van der Waals surface area contributed by atoms with Crippen LogP contribution in [0, 0.1) is 12.8 Å². The molecule has 1 aromatic carbocycles. The zero-order valence-electron chi connectivity index (χ0n) is 12.7. The van der Waals surface area contributed by atoms with Crippen LogP contribution in [0.3, 0.4) is 0 Å². The van der Waals surface area contributed by atoms with E-state index in [4.69, 9.17) is 5.11 Å². The molecule has 1 amide bonds. The number of piperidine rings is 1. The molecule has 22 heavy (non-hydrogen) atoms. The maximum atomic E-state index is 12.5. The van der Waals surface area contributed by atoms with E-state index in [0.717, 1.165) is 22.9 Å². The van der Waals surface area contributed by atoms with Gasteiger partial charge < -0.3 is 14.6 Å². The summed E-state index contributed by atoms with van der Waals surface area (Å²) in [5, 5.41) is 10.3. The molecule has 0 saturated carbocycles. The van der Waals surface area contributed by atoms with Crippen molar-refractivity contribution in [2.75, 3.05) is 13.1 Å². The molecular formula is C17H20N2O3. The highest BCUT2D eigenvalue weighted by Crippen LogP contribution is 2.21. The normalized spacial score (nSPS) is 18.6. The van der Waals surface area contributed by atoms with Crippen molar-refractivity contribution in [3.05, 3.63) is 36.0 Å². The molecule has 1 saturated heterocycles. The third kappa shape index (κ3) is 2.71. The Bertz CT molecular complexity index is 720. The zero-order chi connectivity index (χ0) is 15.7. The predicted octanol–water partition coefficient (Wildman–Crippen LogP) is 2.27. The van der Waals surface area contributed by atoms with E-state index in [0.29, 0.717) is 19.5 Å². The fourth-order valence-electron chi connectivity index (χ4n) is 3.21. The van der Waals surface area contributed by atoms with E-state index < -0.39 is 11.9 Å². The number of amides is 1. The van der Waals surface area contributed by atoms with Crippen LogP contribution in [0.25, 0.3) is 10.9 Å².